The molecule has 0 unspecified atom stereocenters. The molecule has 0 bridgehead atoms. The Morgan fingerprint density at radius 2 is 2.00 bits per heavy atom. The molecule has 0 aliphatic rings. The van der Waals surface area contributed by atoms with E-state index in [1.54, 1.807) is 20.9 Å². The van der Waals surface area contributed by atoms with Crippen LogP contribution < -0.4 is 10.5 Å². The number of hydrogen-bond donors (Lipinski definition) is 2. The molecule has 0 fully saturated rings. The highest BCUT2D eigenvalue weighted by molar-refractivity contribution is 7.93. The van der Waals surface area contributed by atoms with Gasteiger partial charge in [-0.2, -0.15) is 5.10 Å². The predicted molar refractivity (Wildman–Crippen MR) is 74.9 cm³/mol. The summed E-state index contributed by atoms with van der Waals surface area (Å²) in [5, 5.41) is 4.01. The van der Waals surface area contributed by atoms with Gasteiger partial charge in [-0.05, 0) is 19.9 Å². The van der Waals surface area contributed by atoms with Crippen LogP contribution in [0.3, 0.4) is 0 Å². The fourth-order valence-corrected chi connectivity index (χ4v) is 3.20. The lowest BCUT2D eigenvalue weighted by Gasteiger charge is -2.07. The summed E-state index contributed by atoms with van der Waals surface area (Å²) in [6.45, 7) is 3.27. The van der Waals surface area contributed by atoms with Crippen molar-refractivity contribution in [3.63, 3.8) is 0 Å². The summed E-state index contributed by atoms with van der Waals surface area (Å²) in [5.41, 5.74) is 6.58. The Hall–Kier alpha value is -1.87. The summed E-state index contributed by atoms with van der Waals surface area (Å²) < 4.78 is 28.2. The summed E-state index contributed by atoms with van der Waals surface area (Å²) in [4.78, 5) is 7.67. The number of halogens is 1. The number of nitrogen functional groups attached to an aromatic ring is 1. The summed E-state index contributed by atoms with van der Waals surface area (Å²) in [6.07, 6.45) is 0. The second-order valence-electron chi connectivity index (χ2n) is 4.18. The van der Waals surface area contributed by atoms with E-state index in [1.807, 2.05) is 0 Å². The van der Waals surface area contributed by atoms with Gasteiger partial charge in [-0.25, -0.2) is 23.1 Å². The molecule has 0 saturated carbocycles. The molecule has 108 valence electrons. The van der Waals surface area contributed by atoms with Crippen molar-refractivity contribution in [2.45, 2.75) is 18.7 Å². The minimum Gasteiger partial charge on any atom is -0.381 e. The van der Waals surface area contributed by atoms with Gasteiger partial charge in [0.05, 0.1) is 5.69 Å². The summed E-state index contributed by atoms with van der Waals surface area (Å²) in [7, 11) is -2.33. The maximum atomic E-state index is 12.3. The van der Waals surface area contributed by atoms with E-state index in [1.165, 1.54) is 10.7 Å². The molecule has 0 amide bonds. The van der Waals surface area contributed by atoms with E-state index in [0.717, 1.165) is 0 Å². The van der Waals surface area contributed by atoms with Gasteiger partial charge in [-0.15, -0.1) is 0 Å². The monoisotopic (exact) mass is 316 g/mol. The first-order chi connectivity index (χ1) is 9.20. The standard InChI is InChI=1S/C10H13ClN6O2S/c1-5-4-7(11)14-10(13-5)16-20(18,19)8-6(2)17(3)15-9(8)12/h4H,1-3H3,(H2,12,15)(H,13,14,16). The second kappa shape index (κ2) is 4.91. The third-order valence-corrected chi connectivity index (χ3v) is 4.31. The third kappa shape index (κ3) is 2.68. The smallest absolute Gasteiger partial charge is 0.269 e. The van der Waals surface area contributed by atoms with Crippen molar-refractivity contribution >= 4 is 33.4 Å². The molecule has 2 rings (SSSR count). The fourth-order valence-electron chi connectivity index (χ4n) is 1.69. The van der Waals surface area contributed by atoms with Gasteiger partial charge in [-0.3, -0.25) is 4.68 Å². The number of aryl methyl sites for hydroxylation is 2. The summed E-state index contributed by atoms with van der Waals surface area (Å²) >= 11 is 5.76. The molecule has 0 saturated heterocycles. The largest absolute Gasteiger partial charge is 0.381 e. The van der Waals surface area contributed by atoms with Crippen molar-refractivity contribution in [2.75, 3.05) is 10.5 Å². The summed E-state index contributed by atoms with van der Waals surface area (Å²) in [5.74, 6) is -0.200. The van der Waals surface area contributed by atoms with Crippen LogP contribution in [0.5, 0.6) is 0 Å². The van der Waals surface area contributed by atoms with Crippen LogP contribution in [-0.2, 0) is 17.1 Å². The Morgan fingerprint density at radius 1 is 1.35 bits per heavy atom. The molecule has 0 radical (unpaired) electrons. The van der Waals surface area contributed by atoms with Crippen LogP contribution in [-0.4, -0.2) is 28.2 Å². The van der Waals surface area contributed by atoms with Crippen LogP contribution in [0.4, 0.5) is 11.8 Å². The first kappa shape index (κ1) is 14.5. The number of rotatable bonds is 3. The van der Waals surface area contributed by atoms with Crippen molar-refractivity contribution in [1.82, 2.24) is 19.7 Å². The van der Waals surface area contributed by atoms with Gasteiger partial charge in [0.15, 0.2) is 10.7 Å². The highest BCUT2D eigenvalue weighted by atomic mass is 35.5. The SMILES string of the molecule is Cc1cc(Cl)nc(NS(=O)(=O)c2c(N)nn(C)c2C)n1. The Labute approximate surface area is 121 Å². The van der Waals surface area contributed by atoms with E-state index in [0.29, 0.717) is 11.4 Å². The Bertz CT molecular complexity index is 750. The van der Waals surface area contributed by atoms with E-state index in [4.69, 9.17) is 17.3 Å². The zero-order valence-corrected chi connectivity index (χ0v) is 12.6. The van der Waals surface area contributed by atoms with Gasteiger partial charge >= 0.3 is 0 Å². The average molecular weight is 317 g/mol. The molecule has 2 aromatic heterocycles. The highest BCUT2D eigenvalue weighted by Crippen LogP contribution is 2.23. The maximum absolute atomic E-state index is 12.3. The molecule has 2 aromatic rings. The number of nitrogens with one attached hydrogen (secondary N) is 1. The molecular weight excluding hydrogens is 304 g/mol. The van der Waals surface area contributed by atoms with Gasteiger partial charge in [0.25, 0.3) is 10.0 Å². The van der Waals surface area contributed by atoms with Crippen LogP contribution >= 0.6 is 11.6 Å². The average Bonchev–Trinajstić information content (AvgIpc) is 2.50. The molecular formula is C10H13ClN6O2S. The highest BCUT2D eigenvalue weighted by Gasteiger charge is 2.25. The number of aromatic nitrogens is 4. The van der Waals surface area contributed by atoms with Crippen LogP contribution in [0.1, 0.15) is 11.4 Å². The van der Waals surface area contributed by atoms with E-state index in [-0.39, 0.29) is 21.8 Å². The van der Waals surface area contributed by atoms with Crippen LogP contribution in [0.15, 0.2) is 11.0 Å². The molecule has 0 atom stereocenters. The van der Waals surface area contributed by atoms with Crippen LogP contribution in [0, 0.1) is 13.8 Å². The molecule has 10 heteroatoms. The third-order valence-electron chi connectivity index (χ3n) is 2.62. The molecule has 0 aromatic carbocycles. The normalized spacial score (nSPS) is 11.6. The first-order valence-electron chi connectivity index (χ1n) is 5.54. The lowest BCUT2D eigenvalue weighted by molar-refractivity contribution is 0.600. The van der Waals surface area contributed by atoms with Gasteiger partial charge in [0.1, 0.15) is 5.15 Å². The Balaban J connectivity index is 2.46. The van der Waals surface area contributed by atoms with Crippen molar-refractivity contribution < 1.29 is 8.42 Å². The predicted octanol–water partition coefficient (Wildman–Crippen LogP) is 0.863. The molecule has 20 heavy (non-hydrogen) atoms. The second-order valence-corrected chi connectivity index (χ2v) is 6.19. The molecule has 2 heterocycles. The topological polar surface area (TPSA) is 116 Å². The lowest BCUT2D eigenvalue weighted by Crippen LogP contribution is -2.17. The summed E-state index contributed by atoms with van der Waals surface area (Å²) in [6, 6.07) is 1.52. The Kier molecular flexibility index (Phi) is 3.57. The molecule has 0 spiro atoms. The lowest BCUT2D eigenvalue weighted by atomic mass is 10.5. The van der Waals surface area contributed by atoms with E-state index < -0.39 is 10.0 Å². The van der Waals surface area contributed by atoms with Crippen LogP contribution in [0.2, 0.25) is 5.15 Å². The van der Waals surface area contributed by atoms with Gasteiger partial charge in [0, 0.05) is 12.7 Å². The van der Waals surface area contributed by atoms with Gasteiger partial charge in [-0.1, -0.05) is 11.6 Å². The number of nitrogens with two attached hydrogens (primary N) is 1. The van der Waals surface area contributed by atoms with E-state index in [9.17, 15) is 8.42 Å². The number of hydrogen-bond acceptors (Lipinski definition) is 6. The zero-order valence-electron chi connectivity index (χ0n) is 11.0. The molecule has 3 N–H and O–H groups in total. The number of anilines is 2. The number of sulfonamides is 1. The van der Waals surface area contributed by atoms with E-state index >= 15 is 0 Å². The van der Waals surface area contributed by atoms with Crippen molar-refractivity contribution in [2.24, 2.45) is 7.05 Å². The van der Waals surface area contributed by atoms with Crippen molar-refractivity contribution in [3.8, 4) is 0 Å². The van der Waals surface area contributed by atoms with Gasteiger partial charge < -0.3 is 5.73 Å². The van der Waals surface area contributed by atoms with Gasteiger partial charge in [0.2, 0.25) is 5.95 Å². The number of nitrogens with zero attached hydrogens (tertiary/aromatic N) is 4. The molecule has 0 aliphatic carbocycles. The first-order valence-corrected chi connectivity index (χ1v) is 7.40. The minimum absolute atomic E-state index is 0.0868. The minimum atomic E-state index is -3.93. The van der Waals surface area contributed by atoms with Crippen LogP contribution in [0.25, 0.3) is 0 Å². The van der Waals surface area contributed by atoms with Crippen molar-refractivity contribution in [1.29, 1.82) is 0 Å². The van der Waals surface area contributed by atoms with E-state index in [2.05, 4.69) is 19.8 Å². The zero-order chi connectivity index (χ0) is 15.1. The maximum Gasteiger partial charge on any atom is 0.269 e. The molecule has 8 nitrogen and oxygen atoms in total. The molecule has 0 aliphatic heterocycles. The quantitative estimate of drug-likeness (QED) is 0.811. The Morgan fingerprint density at radius 3 is 2.50 bits per heavy atom. The van der Waals surface area contributed by atoms with Crippen molar-refractivity contribution in [3.05, 3.63) is 22.6 Å². The fraction of sp³-hybridized carbons (Fsp3) is 0.300.